The number of amides is 1. The molecule has 0 aliphatic carbocycles. The summed E-state index contributed by atoms with van der Waals surface area (Å²) in [5.74, 6) is 1.64. The first-order valence-corrected chi connectivity index (χ1v) is 17.8. The molecular weight excluding hydrogens is 644 g/mol. The first-order chi connectivity index (χ1) is 22.7. The molecule has 1 aromatic carbocycles. The number of aliphatic hydroxyl groups excluding tert-OH is 1. The van der Waals surface area contributed by atoms with Gasteiger partial charge in [-0.1, -0.05) is 66.7 Å². The number of nitrogens with zero attached hydrogens (tertiary/aromatic N) is 4. The van der Waals surface area contributed by atoms with E-state index in [1.165, 1.54) is 0 Å². The highest BCUT2D eigenvalue weighted by Crippen LogP contribution is 2.32. The van der Waals surface area contributed by atoms with Crippen LogP contribution in [-0.2, 0) is 29.0 Å². The Labute approximate surface area is 302 Å². The molecule has 1 heterocycles. The second kappa shape index (κ2) is 22.4. The molecule has 2 rings (SSSR count). The third kappa shape index (κ3) is 15.6. The lowest BCUT2D eigenvalue weighted by Crippen LogP contribution is -2.44. The van der Waals surface area contributed by atoms with Crippen molar-refractivity contribution in [2.75, 3.05) is 47.1 Å². The molecule has 4 N–H and O–H groups in total. The minimum Gasteiger partial charge on any atom is -0.493 e. The lowest BCUT2D eigenvalue weighted by Gasteiger charge is -2.31. The molecule has 0 radical (unpaired) electrons. The number of hydrogen-bond donors (Lipinski definition) is 3. The summed E-state index contributed by atoms with van der Waals surface area (Å²) in [6.45, 7) is 21.9. The molecule has 2 aromatic rings. The summed E-state index contributed by atoms with van der Waals surface area (Å²) < 4.78 is 18.5. The van der Waals surface area contributed by atoms with Crippen LogP contribution in [0.4, 0.5) is 0 Å². The maximum atomic E-state index is 13.5. The van der Waals surface area contributed by atoms with Gasteiger partial charge in [0.2, 0.25) is 5.91 Å². The molecule has 0 spiro atoms. The first kappa shape index (κ1) is 44.6. The number of rotatable bonds is 24. The fraction of sp³-hybridized carbons (Fsp3) is 0.757. The van der Waals surface area contributed by atoms with Crippen molar-refractivity contribution in [1.82, 2.24) is 25.2 Å². The molecule has 0 saturated carbocycles. The number of ether oxygens (including phenoxy) is 3. The van der Waals surface area contributed by atoms with Gasteiger partial charge in [-0.25, -0.2) is 0 Å². The molecule has 49 heavy (non-hydrogen) atoms. The van der Waals surface area contributed by atoms with Crippen molar-refractivity contribution in [2.24, 2.45) is 34.8 Å². The SMILES string of the molecule is CCN(CC)Cc1cn(CC(C)(C)CNC(=O)[C@@H](C[C@H](O)[C@@H](N)C[C@H](Cc2ccc(OC)c(OCCCOC)c2)C(C)C)C(C)C)nn1.Cl. The van der Waals surface area contributed by atoms with E-state index in [9.17, 15) is 9.90 Å². The number of nitrogens with one attached hydrogen (secondary N) is 1. The molecule has 282 valence electrons. The number of benzene rings is 1. The van der Waals surface area contributed by atoms with Gasteiger partial charge in [0.1, 0.15) is 0 Å². The molecule has 11 nitrogen and oxygen atoms in total. The van der Waals surface area contributed by atoms with E-state index in [1.54, 1.807) is 14.2 Å². The minimum absolute atomic E-state index is 0. The monoisotopic (exact) mass is 710 g/mol. The summed E-state index contributed by atoms with van der Waals surface area (Å²) in [6.07, 6.45) is 3.74. The summed E-state index contributed by atoms with van der Waals surface area (Å²) in [5.41, 5.74) is 8.48. The highest BCUT2D eigenvalue weighted by Gasteiger charge is 2.31. The summed E-state index contributed by atoms with van der Waals surface area (Å²) in [5, 5.41) is 23.1. The van der Waals surface area contributed by atoms with Crippen molar-refractivity contribution < 1.29 is 24.1 Å². The van der Waals surface area contributed by atoms with E-state index < -0.39 is 12.1 Å². The van der Waals surface area contributed by atoms with Crippen LogP contribution in [0.2, 0.25) is 0 Å². The van der Waals surface area contributed by atoms with E-state index in [-0.39, 0.29) is 41.5 Å². The van der Waals surface area contributed by atoms with Crippen molar-refractivity contribution in [3.8, 4) is 11.5 Å². The van der Waals surface area contributed by atoms with Crippen molar-refractivity contribution in [3.05, 3.63) is 35.7 Å². The number of aliphatic hydroxyl groups is 1. The number of aromatic nitrogens is 3. The van der Waals surface area contributed by atoms with E-state index in [1.807, 2.05) is 36.9 Å². The van der Waals surface area contributed by atoms with E-state index in [0.717, 1.165) is 43.7 Å². The number of nitrogens with two attached hydrogens (primary N) is 1. The highest BCUT2D eigenvalue weighted by molar-refractivity contribution is 5.85. The molecule has 1 amide bonds. The van der Waals surface area contributed by atoms with E-state index in [0.29, 0.717) is 56.6 Å². The second-order valence-electron chi connectivity index (χ2n) is 14.7. The normalized spacial score (nSPS) is 14.4. The van der Waals surface area contributed by atoms with Gasteiger partial charge >= 0.3 is 0 Å². The van der Waals surface area contributed by atoms with Crippen molar-refractivity contribution in [2.45, 2.75) is 106 Å². The van der Waals surface area contributed by atoms with Crippen LogP contribution in [-0.4, -0.2) is 90.1 Å². The highest BCUT2D eigenvalue weighted by atomic mass is 35.5. The summed E-state index contributed by atoms with van der Waals surface area (Å²) in [4.78, 5) is 15.8. The predicted octanol–water partition coefficient (Wildman–Crippen LogP) is 5.36. The molecule has 0 fully saturated rings. The topological polar surface area (TPSA) is 137 Å². The quantitative estimate of drug-likeness (QED) is 0.123. The van der Waals surface area contributed by atoms with Crippen molar-refractivity contribution in [3.63, 3.8) is 0 Å². The van der Waals surface area contributed by atoms with Gasteiger partial charge in [-0.05, 0) is 67.8 Å². The minimum atomic E-state index is -0.799. The Morgan fingerprint density at radius 1 is 1.06 bits per heavy atom. The smallest absolute Gasteiger partial charge is 0.223 e. The average molecular weight is 711 g/mol. The Kier molecular flexibility index (Phi) is 20.4. The zero-order valence-corrected chi connectivity index (χ0v) is 32.7. The lowest BCUT2D eigenvalue weighted by atomic mass is 9.80. The van der Waals surface area contributed by atoms with E-state index in [2.05, 4.69) is 68.1 Å². The maximum absolute atomic E-state index is 13.5. The van der Waals surface area contributed by atoms with Gasteiger partial charge in [0.25, 0.3) is 0 Å². The molecule has 4 atom stereocenters. The summed E-state index contributed by atoms with van der Waals surface area (Å²) in [7, 11) is 3.32. The largest absolute Gasteiger partial charge is 0.493 e. The van der Waals surface area contributed by atoms with Gasteiger partial charge in [0, 0.05) is 63.3 Å². The van der Waals surface area contributed by atoms with Crippen LogP contribution in [0.1, 0.15) is 85.9 Å². The maximum Gasteiger partial charge on any atom is 0.223 e. The summed E-state index contributed by atoms with van der Waals surface area (Å²) >= 11 is 0. The molecular formula is C37H67ClN6O5. The Bertz CT molecular complexity index is 1210. The van der Waals surface area contributed by atoms with Crippen LogP contribution in [0, 0.1) is 29.1 Å². The number of carbonyl (C=O) groups is 1. The van der Waals surface area contributed by atoms with Gasteiger partial charge in [-0.3, -0.25) is 14.4 Å². The van der Waals surface area contributed by atoms with E-state index >= 15 is 0 Å². The molecule has 12 heteroatoms. The standard InChI is InChI=1S/C37H66N6O5.ClH/c1-11-42(12-2)22-30-23-43(41-40-30)25-37(7,8)24-39-36(45)31(27(5)6)21-33(44)32(38)20-29(26(3)4)18-28-14-15-34(47-10)35(19-28)48-17-13-16-46-9;/h14-15,19,23,26-27,29,31-33,44H,11-13,16-18,20-22,24-25,38H2,1-10H3,(H,39,45);1H/t29-,31-,32-,33-;/m0./s1. The van der Waals surface area contributed by atoms with Gasteiger partial charge in [0.05, 0.1) is 25.5 Å². The van der Waals surface area contributed by atoms with Crippen LogP contribution in [0.25, 0.3) is 0 Å². The van der Waals surface area contributed by atoms with Crippen molar-refractivity contribution in [1.29, 1.82) is 0 Å². The number of hydrogen-bond acceptors (Lipinski definition) is 9. The fourth-order valence-electron chi connectivity index (χ4n) is 5.98. The summed E-state index contributed by atoms with van der Waals surface area (Å²) in [6, 6.07) is 5.59. The Morgan fingerprint density at radius 3 is 2.35 bits per heavy atom. The Hall–Kier alpha value is -2.44. The number of methoxy groups -OCH3 is 2. The third-order valence-electron chi connectivity index (χ3n) is 9.32. The average Bonchev–Trinajstić information content (AvgIpc) is 3.48. The zero-order valence-electron chi connectivity index (χ0n) is 31.9. The third-order valence-corrected chi connectivity index (χ3v) is 9.32. The molecule has 0 aliphatic rings. The van der Waals surface area contributed by atoms with Crippen LogP contribution in [0.5, 0.6) is 11.5 Å². The first-order valence-electron chi connectivity index (χ1n) is 17.8. The van der Waals surface area contributed by atoms with Crippen LogP contribution in [0.15, 0.2) is 24.4 Å². The molecule has 1 aromatic heterocycles. The number of halogens is 1. The van der Waals surface area contributed by atoms with Gasteiger partial charge in [-0.15, -0.1) is 17.5 Å². The zero-order chi connectivity index (χ0) is 35.9. The number of carbonyl (C=O) groups excluding carboxylic acids is 1. The van der Waals surface area contributed by atoms with Gasteiger partial charge < -0.3 is 30.4 Å². The van der Waals surface area contributed by atoms with Crippen molar-refractivity contribution >= 4 is 18.3 Å². The Morgan fingerprint density at radius 2 is 1.76 bits per heavy atom. The fourth-order valence-corrected chi connectivity index (χ4v) is 5.98. The Balaban J connectivity index is 0.0000120. The predicted molar refractivity (Wildman–Crippen MR) is 199 cm³/mol. The molecule has 0 bridgehead atoms. The van der Waals surface area contributed by atoms with Crippen LogP contribution < -0.4 is 20.5 Å². The lowest BCUT2D eigenvalue weighted by molar-refractivity contribution is -0.128. The van der Waals surface area contributed by atoms with Crippen LogP contribution >= 0.6 is 12.4 Å². The molecule has 0 unspecified atom stereocenters. The molecule has 0 aliphatic heterocycles. The van der Waals surface area contributed by atoms with Gasteiger partial charge in [0.15, 0.2) is 11.5 Å². The van der Waals surface area contributed by atoms with Gasteiger partial charge in [-0.2, -0.15) is 0 Å². The van der Waals surface area contributed by atoms with Crippen LogP contribution in [0.3, 0.4) is 0 Å². The molecule has 0 saturated heterocycles. The second-order valence-corrected chi connectivity index (χ2v) is 14.7. The van der Waals surface area contributed by atoms with E-state index in [4.69, 9.17) is 19.9 Å².